The molecule has 1 aliphatic heterocycles. The molecule has 0 aliphatic carbocycles. The minimum absolute atomic E-state index is 0. The normalized spacial score (nSPS) is 20.1. The minimum atomic E-state index is -2.12. The van der Waals surface area contributed by atoms with Gasteiger partial charge in [0.15, 0.2) is 0 Å². The van der Waals surface area contributed by atoms with Crippen molar-refractivity contribution in [3.8, 4) is 11.3 Å². The number of fused-ring (bicyclic) bond motifs is 2. The maximum Gasteiger partial charge on any atom is 0.0894 e. The molecule has 0 fully saturated rings. The van der Waals surface area contributed by atoms with Crippen LogP contribution < -0.4 is 0 Å². The number of hydrogen-bond acceptors (Lipinski definition) is 2. The van der Waals surface area contributed by atoms with Crippen molar-refractivity contribution in [1.82, 2.24) is 9.97 Å². The summed E-state index contributed by atoms with van der Waals surface area (Å²) in [6.45, 7) is 1.90. The summed E-state index contributed by atoms with van der Waals surface area (Å²) in [5.41, 5.74) is 5.28. The van der Waals surface area contributed by atoms with Crippen LogP contribution in [-0.4, -0.2) is 22.8 Å². The average Bonchev–Trinajstić information content (AvgIpc) is 2.98. The summed E-state index contributed by atoms with van der Waals surface area (Å²) >= 11 is 6.20. The van der Waals surface area contributed by atoms with Gasteiger partial charge >= 0.3 is 0 Å². The summed E-state index contributed by atoms with van der Waals surface area (Å²) in [5, 5.41) is 1.72. The van der Waals surface area contributed by atoms with Crippen LogP contribution >= 0.6 is 31.1 Å². The summed E-state index contributed by atoms with van der Waals surface area (Å²) < 4.78 is 12.7. The molecule has 1 atom stereocenters. The van der Waals surface area contributed by atoms with Crippen LogP contribution in [0.2, 0.25) is 5.02 Å². The van der Waals surface area contributed by atoms with E-state index in [2.05, 4.69) is 4.98 Å². The van der Waals surface area contributed by atoms with E-state index in [4.69, 9.17) is 16.6 Å². The molecule has 1 N–H and O–H groups in total. The Hall–Kier alpha value is -1.28. The molecule has 4 rings (SSSR count). The van der Waals surface area contributed by atoms with Gasteiger partial charge in [-0.3, -0.25) is 4.98 Å². The lowest BCUT2D eigenvalue weighted by Gasteiger charge is -2.25. The van der Waals surface area contributed by atoms with Gasteiger partial charge in [-0.05, 0) is 49.0 Å². The molecule has 1 unspecified atom stereocenters. The molecule has 0 bridgehead atoms. The lowest BCUT2D eigenvalue weighted by Crippen LogP contribution is -2.12. The Morgan fingerprint density at radius 3 is 2.87 bits per heavy atom. The maximum atomic E-state index is 12.7. The monoisotopic (exact) mass is 366 g/mol. The van der Waals surface area contributed by atoms with E-state index in [-0.39, 0.29) is 12.4 Å². The highest BCUT2D eigenvalue weighted by Crippen LogP contribution is 2.52. The molecule has 2 aromatic heterocycles. The first kappa shape index (κ1) is 16.6. The van der Waals surface area contributed by atoms with Crippen molar-refractivity contribution in [2.75, 3.05) is 12.8 Å². The fourth-order valence-electron chi connectivity index (χ4n) is 3.25. The van der Waals surface area contributed by atoms with E-state index in [9.17, 15) is 4.57 Å². The Morgan fingerprint density at radius 2 is 2.13 bits per heavy atom. The Kier molecular flexibility index (Phi) is 4.31. The first-order valence-electron chi connectivity index (χ1n) is 7.34. The van der Waals surface area contributed by atoms with Gasteiger partial charge in [0, 0.05) is 45.9 Å². The van der Waals surface area contributed by atoms with Crippen molar-refractivity contribution in [3.05, 3.63) is 52.8 Å². The number of pyridine rings is 1. The zero-order valence-corrected chi connectivity index (χ0v) is 15.1. The Morgan fingerprint density at radius 1 is 1.30 bits per heavy atom. The Bertz CT molecular complexity index is 922. The van der Waals surface area contributed by atoms with Crippen LogP contribution in [0, 0.1) is 0 Å². The quantitative estimate of drug-likeness (QED) is 0.589. The number of H-pyrrole nitrogens is 1. The van der Waals surface area contributed by atoms with E-state index >= 15 is 0 Å². The predicted molar refractivity (Wildman–Crippen MR) is 99.6 cm³/mol. The van der Waals surface area contributed by atoms with Gasteiger partial charge in [-0.25, -0.2) is 0 Å². The average molecular weight is 367 g/mol. The number of nitrogens with one attached hydrogen (secondary N) is 1. The number of aromatic nitrogens is 2. The van der Waals surface area contributed by atoms with Crippen LogP contribution in [-0.2, 0) is 17.1 Å². The number of aryl methyl sites for hydroxylation is 1. The van der Waals surface area contributed by atoms with E-state index in [1.807, 2.05) is 43.2 Å². The molecule has 0 spiro atoms. The molecule has 1 aromatic carbocycles. The van der Waals surface area contributed by atoms with Crippen molar-refractivity contribution in [3.63, 3.8) is 0 Å². The maximum absolute atomic E-state index is 12.7. The fraction of sp³-hybridized carbons (Fsp3) is 0.235. The zero-order valence-electron chi connectivity index (χ0n) is 12.7. The zero-order chi connectivity index (χ0) is 15.3. The number of nitrogens with zero attached hydrogens (tertiary/aromatic N) is 1. The largest absolute Gasteiger partial charge is 0.361 e. The molecule has 0 amide bonds. The van der Waals surface area contributed by atoms with Crippen molar-refractivity contribution in [1.29, 1.82) is 0 Å². The summed E-state index contributed by atoms with van der Waals surface area (Å²) in [6.07, 6.45) is 4.06. The van der Waals surface area contributed by atoms with Crippen LogP contribution in [0.25, 0.3) is 22.2 Å². The van der Waals surface area contributed by atoms with Crippen LogP contribution in [0.4, 0.5) is 0 Å². The summed E-state index contributed by atoms with van der Waals surface area (Å²) in [5.74, 6) is 0. The Balaban J connectivity index is 0.00000156. The van der Waals surface area contributed by atoms with Crippen LogP contribution in [0.3, 0.4) is 0 Å². The standard InChI is InChI=1S/C17H16ClN2OP.ClH/c1-22(21)8-6-15-13(10-22)17(16-3-2-7-19-16)12-9-11(18)4-5-14(12)20-15;/h2-5,7,9,19H,6,8,10H2,1H3;1H. The molecule has 0 saturated carbocycles. The van der Waals surface area contributed by atoms with Gasteiger partial charge in [-0.2, -0.15) is 0 Å². The molecule has 120 valence electrons. The minimum Gasteiger partial charge on any atom is -0.361 e. The highest BCUT2D eigenvalue weighted by Gasteiger charge is 2.28. The second kappa shape index (κ2) is 5.98. The number of benzene rings is 1. The fourth-order valence-corrected chi connectivity index (χ4v) is 5.28. The summed E-state index contributed by atoms with van der Waals surface area (Å²) in [6, 6.07) is 9.81. The van der Waals surface area contributed by atoms with Gasteiger partial charge < -0.3 is 9.55 Å². The smallest absolute Gasteiger partial charge is 0.0894 e. The van der Waals surface area contributed by atoms with Crippen molar-refractivity contribution < 1.29 is 4.57 Å². The van der Waals surface area contributed by atoms with E-state index in [1.54, 1.807) is 0 Å². The summed E-state index contributed by atoms with van der Waals surface area (Å²) in [7, 11) is -2.12. The van der Waals surface area contributed by atoms with Crippen molar-refractivity contribution >= 4 is 42.1 Å². The second-order valence-corrected chi connectivity index (χ2v) is 9.88. The van der Waals surface area contributed by atoms with E-state index < -0.39 is 7.14 Å². The van der Waals surface area contributed by atoms with E-state index in [0.717, 1.165) is 46.0 Å². The SMILES string of the molecule is CP1(=O)CCc2nc3ccc(Cl)cc3c(-c3ccc[nH]3)c2C1.Cl. The van der Waals surface area contributed by atoms with Gasteiger partial charge in [-0.15, -0.1) is 12.4 Å². The number of hydrogen-bond donors (Lipinski definition) is 1. The third kappa shape index (κ3) is 2.94. The second-order valence-electron chi connectivity index (χ2n) is 6.09. The van der Waals surface area contributed by atoms with E-state index in [1.165, 1.54) is 0 Å². The molecule has 1 aliphatic rings. The number of halogens is 2. The van der Waals surface area contributed by atoms with Gasteiger partial charge in [0.1, 0.15) is 0 Å². The molecule has 0 saturated heterocycles. The third-order valence-corrected chi connectivity index (χ3v) is 6.70. The van der Waals surface area contributed by atoms with Gasteiger partial charge in [0.05, 0.1) is 12.7 Å². The molecule has 3 nitrogen and oxygen atoms in total. The van der Waals surface area contributed by atoms with Gasteiger partial charge in [0.25, 0.3) is 0 Å². The molecule has 3 aromatic rings. The first-order valence-corrected chi connectivity index (χ1v) is 10.2. The van der Waals surface area contributed by atoms with Gasteiger partial charge in [0.2, 0.25) is 0 Å². The summed E-state index contributed by atoms with van der Waals surface area (Å²) in [4.78, 5) is 8.08. The lowest BCUT2D eigenvalue weighted by molar-refractivity contribution is 0.575. The van der Waals surface area contributed by atoms with E-state index in [0.29, 0.717) is 11.2 Å². The van der Waals surface area contributed by atoms with Gasteiger partial charge in [-0.1, -0.05) is 11.6 Å². The highest BCUT2D eigenvalue weighted by molar-refractivity contribution is 7.62. The van der Waals surface area contributed by atoms with Crippen molar-refractivity contribution in [2.45, 2.75) is 12.6 Å². The molecule has 23 heavy (non-hydrogen) atoms. The molecule has 3 heterocycles. The molecular weight excluding hydrogens is 350 g/mol. The Labute approximate surface area is 146 Å². The first-order chi connectivity index (χ1) is 10.5. The van der Waals surface area contributed by atoms with Crippen LogP contribution in [0.15, 0.2) is 36.5 Å². The molecule has 0 radical (unpaired) electrons. The lowest BCUT2D eigenvalue weighted by atomic mass is 9.97. The number of rotatable bonds is 1. The molecular formula is C17H17Cl2N2OP. The predicted octanol–water partition coefficient (Wildman–Crippen LogP) is 5.35. The number of aromatic amines is 1. The van der Waals surface area contributed by atoms with Crippen LogP contribution in [0.1, 0.15) is 11.3 Å². The highest BCUT2D eigenvalue weighted by atomic mass is 35.5. The topological polar surface area (TPSA) is 45.8 Å². The molecule has 6 heteroatoms. The van der Waals surface area contributed by atoms with Crippen molar-refractivity contribution in [2.24, 2.45) is 0 Å². The third-order valence-electron chi connectivity index (χ3n) is 4.31. The van der Waals surface area contributed by atoms with Crippen LogP contribution in [0.5, 0.6) is 0 Å².